The van der Waals surface area contributed by atoms with Gasteiger partial charge in [0, 0.05) is 6.04 Å². The van der Waals surface area contributed by atoms with E-state index in [2.05, 4.69) is 32.6 Å². The fraction of sp³-hybridized carbons (Fsp3) is 1.00. The number of likely N-dealkylation sites (tertiary alicyclic amines) is 1. The highest BCUT2D eigenvalue weighted by Gasteiger charge is 2.39. The summed E-state index contributed by atoms with van der Waals surface area (Å²) in [5.41, 5.74) is 0. The summed E-state index contributed by atoms with van der Waals surface area (Å²) >= 11 is 0. The second-order valence-corrected chi connectivity index (χ2v) is 6.23. The van der Waals surface area contributed by atoms with Crippen molar-refractivity contribution in [3.05, 3.63) is 0 Å². The van der Waals surface area contributed by atoms with E-state index in [1.165, 1.54) is 32.4 Å². The molecule has 0 N–H and O–H groups in total. The molecule has 1 aliphatic carbocycles. The lowest BCUT2D eigenvalue weighted by Crippen LogP contribution is -2.32. The number of hydrogen-bond acceptors (Lipinski definition) is 1. The van der Waals surface area contributed by atoms with Crippen LogP contribution in [0.4, 0.5) is 0 Å². The van der Waals surface area contributed by atoms with Crippen LogP contribution in [-0.4, -0.2) is 24.0 Å². The minimum atomic E-state index is 0.745. The number of hydrogen-bond donors (Lipinski definition) is 0. The Morgan fingerprint density at radius 1 is 0.933 bits per heavy atom. The molecule has 1 heterocycles. The first-order chi connectivity index (χ1) is 7.09. The van der Waals surface area contributed by atoms with Crippen LogP contribution in [0.25, 0.3) is 0 Å². The van der Waals surface area contributed by atoms with Crippen LogP contribution in [-0.2, 0) is 0 Å². The summed E-state index contributed by atoms with van der Waals surface area (Å²) in [7, 11) is 0. The van der Waals surface area contributed by atoms with Crippen molar-refractivity contribution in [2.75, 3.05) is 13.1 Å². The fourth-order valence-electron chi connectivity index (χ4n) is 4.04. The van der Waals surface area contributed by atoms with Gasteiger partial charge in [-0.2, -0.15) is 0 Å². The molecule has 0 radical (unpaired) electrons. The zero-order chi connectivity index (χ0) is 11.0. The van der Waals surface area contributed by atoms with Crippen LogP contribution >= 0.6 is 0 Å². The van der Waals surface area contributed by atoms with Gasteiger partial charge in [0.25, 0.3) is 0 Å². The van der Waals surface area contributed by atoms with Crippen molar-refractivity contribution < 1.29 is 0 Å². The van der Waals surface area contributed by atoms with Crippen LogP contribution in [0, 0.1) is 23.7 Å². The van der Waals surface area contributed by atoms with Crippen LogP contribution in [0.3, 0.4) is 0 Å². The summed E-state index contributed by atoms with van der Waals surface area (Å²) < 4.78 is 0. The molecule has 88 valence electrons. The predicted molar refractivity (Wildman–Crippen MR) is 65.9 cm³/mol. The van der Waals surface area contributed by atoms with Gasteiger partial charge in [0.1, 0.15) is 0 Å². The third kappa shape index (κ3) is 2.22. The van der Waals surface area contributed by atoms with Crippen LogP contribution in [0.1, 0.15) is 47.0 Å². The molecular weight excluding hydrogens is 182 g/mol. The molecule has 1 nitrogen and oxygen atoms in total. The Balaban J connectivity index is 2.01. The van der Waals surface area contributed by atoms with Gasteiger partial charge >= 0.3 is 0 Å². The van der Waals surface area contributed by atoms with E-state index in [0.717, 1.165) is 29.7 Å². The summed E-state index contributed by atoms with van der Waals surface area (Å²) in [6.07, 6.45) is 4.39. The highest BCUT2D eigenvalue weighted by atomic mass is 15.1. The topological polar surface area (TPSA) is 3.24 Å². The van der Waals surface area contributed by atoms with Gasteiger partial charge in [0.05, 0.1) is 0 Å². The van der Waals surface area contributed by atoms with Crippen LogP contribution in [0.15, 0.2) is 0 Å². The third-order valence-electron chi connectivity index (χ3n) is 4.98. The molecule has 0 aromatic carbocycles. The number of rotatable bonds is 1. The van der Waals surface area contributed by atoms with Gasteiger partial charge in [-0.25, -0.2) is 0 Å². The van der Waals surface area contributed by atoms with E-state index < -0.39 is 0 Å². The fourth-order valence-corrected chi connectivity index (χ4v) is 4.04. The van der Waals surface area contributed by atoms with Gasteiger partial charge in [0.2, 0.25) is 0 Å². The van der Waals surface area contributed by atoms with Crippen molar-refractivity contribution in [2.24, 2.45) is 23.7 Å². The number of nitrogens with zero attached hydrogens (tertiary/aromatic N) is 1. The molecule has 2 aliphatic rings. The van der Waals surface area contributed by atoms with Gasteiger partial charge in [-0.1, -0.05) is 13.8 Å². The van der Waals surface area contributed by atoms with Gasteiger partial charge in [-0.05, 0) is 69.9 Å². The molecule has 15 heavy (non-hydrogen) atoms. The Bertz CT molecular complexity index is 193. The smallest absolute Gasteiger partial charge is 0.00385 e. The lowest BCUT2D eigenvalue weighted by atomic mass is 9.84. The molecule has 1 saturated heterocycles. The van der Waals surface area contributed by atoms with E-state index in [4.69, 9.17) is 0 Å². The third-order valence-corrected chi connectivity index (χ3v) is 4.98. The molecule has 4 unspecified atom stereocenters. The van der Waals surface area contributed by atoms with Crippen molar-refractivity contribution in [1.82, 2.24) is 4.90 Å². The zero-order valence-corrected chi connectivity index (χ0v) is 10.9. The highest BCUT2D eigenvalue weighted by molar-refractivity contribution is 4.90. The molecule has 1 saturated carbocycles. The Kier molecular flexibility index (Phi) is 3.39. The van der Waals surface area contributed by atoms with Crippen LogP contribution in [0.5, 0.6) is 0 Å². The minimum Gasteiger partial charge on any atom is -0.301 e. The SMILES string of the molecule is CC1CC(C)C2CCN(C(C)C)CCC12. The molecule has 0 spiro atoms. The average molecular weight is 209 g/mol. The quantitative estimate of drug-likeness (QED) is 0.640. The Morgan fingerprint density at radius 2 is 1.40 bits per heavy atom. The first-order valence-corrected chi connectivity index (χ1v) is 6.83. The average Bonchev–Trinajstić information content (AvgIpc) is 2.40. The van der Waals surface area contributed by atoms with E-state index in [-0.39, 0.29) is 0 Å². The normalized spacial score (nSPS) is 43.0. The van der Waals surface area contributed by atoms with Gasteiger partial charge in [0.15, 0.2) is 0 Å². The summed E-state index contributed by atoms with van der Waals surface area (Å²) in [5.74, 6) is 4.03. The molecule has 1 aliphatic heterocycles. The second-order valence-electron chi connectivity index (χ2n) is 6.23. The van der Waals surface area contributed by atoms with Crippen molar-refractivity contribution >= 4 is 0 Å². The Morgan fingerprint density at radius 3 is 1.80 bits per heavy atom. The second kappa shape index (κ2) is 4.45. The maximum absolute atomic E-state index is 2.68. The molecule has 0 aromatic rings. The monoisotopic (exact) mass is 209 g/mol. The molecular formula is C14H27N. The number of fused-ring (bicyclic) bond motifs is 1. The van der Waals surface area contributed by atoms with Crippen LogP contribution < -0.4 is 0 Å². The van der Waals surface area contributed by atoms with Crippen molar-refractivity contribution in [2.45, 2.75) is 53.0 Å². The van der Waals surface area contributed by atoms with Crippen LogP contribution in [0.2, 0.25) is 0 Å². The van der Waals surface area contributed by atoms with E-state index >= 15 is 0 Å². The van der Waals surface area contributed by atoms with E-state index in [9.17, 15) is 0 Å². The van der Waals surface area contributed by atoms with Gasteiger partial charge < -0.3 is 4.90 Å². The first-order valence-electron chi connectivity index (χ1n) is 6.83. The van der Waals surface area contributed by atoms with Crippen molar-refractivity contribution in [3.63, 3.8) is 0 Å². The summed E-state index contributed by atoms with van der Waals surface area (Å²) in [5, 5.41) is 0. The molecule has 0 amide bonds. The Hall–Kier alpha value is -0.0400. The largest absolute Gasteiger partial charge is 0.301 e. The minimum absolute atomic E-state index is 0.745. The summed E-state index contributed by atoms with van der Waals surface area (Å²) in [4.78, 5) is 2.68. The Labute approximate surface area is 95.2 Å². The molecule has 2 rings (SSSR count). The zero-order valence-electron chi connectivity index (χ0n) is 10.9. The first kappa shape index (κ1) is 11.4. The lowest BCUT2D eigenvalue weighted by Gasteiger charge is -2.25. The summed E-state index contributed by atoms with van der Waals surface area (Å²) in [6, 6.07) is 0.745. The van der Waals surface area contributed by atoms with E-state index in [1.54, 1.807) is 0 Å². The maximum atomic E-state index is 2.68. The maximum Gasteiger partial charge on any atom is 0.00385 e. The van der Waals surface area contributed by atoms with Gasteiger partial charge in [-0.3, -0.25) is 0 Å². The standard InChI is InChI=1S/C14H27N/c1-10(2)15-7-5-13-11(3)9-12(4)14(13)6-8-15/h10-14H,5-9H2,1-4H3. The van der Waals surface area contributed by atoms with Gasteiger partial charge in [-0.15, -0.1) is 0 Å². The van der Waals surface area contributed by atoms with E-state index in [0.29, 0.717) is 0 Å². The van der Waals surface area contributed by atoms with E-state index in [1.807, 2.05) is 0 Å². The van der Waals surface area contributed by atoms with Crippen molar-refractivity contribution in [3.8, 4) is 0 Å². The molecule has 1 heteroatoms. The molecule has 0 bridgehead atoms. The van der Waals surface area contributed by atoms with Crippen molar-refractivity contribution in [1.29, 1.82) is 0 Å². The molecule has 0 aromatic heterocycles. The molecule has 2 fully saturated rings. The lowest BCUT2D eigenvalue weighted by molar-refractivity contribution is 0.220. The highest BCUT2D eigenvalue weighted by Crippen LogP contribution is 2.46. The summed E-state index contributed by atoms with van der Waals surface area (Å²) in [6.45, 7) is 12.3. The predicted octanol–water partition coefficient (Wildman–Crippen LogP) is 3.40. The molecule has 4 atom stereocenters.